The molecule has 29 heavy (non-hydrogen) atoms. The molecule has 2 heterocycles. The summed E-state index contributed by atoms with van der Waals surface area (Å²) < 4.78 is 17.3. The number of hydrogen-bond acceptors (Lipinski definition) is 5. The molecule has 3 aromatic rings. The highest BCUT2D eigenvalue weighted by Gasteiger charge is 2.41. The standard InChI is InChI=1S/C24H22N2O3/c1-27-18-13-11-16(12-14-18)20-15-21-19-9-6-10-22(28-2)23(19)29-24(26(21)25-20)17-7-4-3-5-8-17/h3-15,21,24-25H,1-2H3. The van der Waals surface area contributed by atoms with Crippen molar-refractivity contribution in [2.24, 2.45) is 0 Å². The van der Waals surface area contributed by atoms with E-state index in [1.54, 1.807) is 14.2 Å². The fourth-order valence-electron chi connectivity index (χ4n) is 3.93. The molecule has 3 aromatic carbocycles. The van der Waals surface area contributed by atoms with Crippen molar-refractivity contribution in [3.8, 4) is 17.2 Å². The van der Waals surface area contributed by atoms with Crippen molar-refractivity contribution in [2.45, 2.75) is 12.3 Å². The molecular weight excluding hydrogens is 364 g/mol. The van der Waals surface area contributed by atoms with Crippen LogP contribution in [-0.2, 0) is 0 Å². The summed E-state index contributed by atoms with van der Waals surface area (Å²) in [7, 11) is 3.35. The molecule has 5 nitrogen and oxygen atoms in total. The Morgan fingerprint density at radius 1 is 0.862 bits per heavy atom. The maximum atomic E-state index is 6.46. The number of fused-ring (bicyclic) bond motifs is 3. The Morgan fingerprint density at radius 2 is 1.66 bits per heavy atom. The van der Waals surface area contributed by atoms with E-state index in [1.807, 2.05) is 42.5 Å². The molecule has 0 saturated heterocycles. The van der Waals surface area contributed by atoms with Gasteiger partial charge in [0.05, 0.1) is 26.0 Å². The van der Waals surface area contributed by atoms with Gasteiger partial charge in [-0.3, -0.25) is 0 Å². The topological polar surface area (TPSA) is 43.0 Å². The molecular formula is C24H22N2O3. The van der Waals surface area contributed by atoms with E-state index >= 15 is 0 Å². The lowest BCUT2D eigenvalue weighted by Crippen LogP contribution is -2.43. The number of rotatable bonds is 4. The van der Waals surface area contributed by atoms with Crippen molar-refractivity contribution in [3.05, 3.63) is 95.6 Å². The van der Waals surface area contributed by atoms with Crippen molar-refractivity contribution in [2.75, 3.05) is 14.2 Å². The van der Waals surface area contributed by atoms with E-state index in [0.717, 1.165) is 39.6 Å². The molecule has 0 aromatic heterocycles. The van der Waals surface area contributed by atoms with Gasteiger partial charge in [0.25, 0.3) is 0 Å². The van der Waals surface area contributed by atoms with E-state index in [4.69, 9.17) is 14.2 Å². The minimum atomic E-state index is -0.281. The summed E-state index contributed by atoms with van der Waals surface area (Å²) in [6.07, 6.45) is 1.95. The van der Waals surface area contributed by atoms with Crippen LogP contribution in [0.15, 0.2) is 78.9 Å². The van der Waals surface area contributed by atoms with Crippen molar-refractivity contribution < 1.29 is 14.2 Å². The number of nitrogens with one attached hydrogen (secondary N) is 1. The minimum Gasteiger partial charge on any atom is -0.497 e. The third kappa shape index (κ3) is 3.00. The van der Waals surface area contributed by atoms with Crippen molar-refractivity contribution in [3.63, 3.8) is 0 Å². The van der Waals surface area contributed by atoms with Gasteiger partial charge in [0.2, 0.25) is 0 Å². The minimum absolute atomic E-state index is 0.0242. The van der Waals surface area contributed by atoms with Crippen molar-refractivity contribution in [1.82, 2.24) is 10.4 Å². The second-order valence-electron chi connectivity index (χ2n) is 7.03. The fourth-order valence-corrected chi connectivity index (χ4v) is 3.93. The van der Waals surface area contributed by atoms with E-state index in [0.29, 0.717) is 0 Å². The van der Waals surface area contributed by atoms with Gasteiger partial charge in [-0.15, -0.1) is 0 Å². The largest absolute Gasteiger partial charge is 0.497 e. The first-order chi connectivity index (χ1) is 14.3. The van der Waals surface area contributed by atoms with Crippen LogP contribution in [0.4, 0.5) is 0 Å². The molecule has 0 radical (unpaired) electrons. The maximum absolute atomic E-state index is 6.46. The number of nitrogens with zero attached hydrogens (tertiary/aromatic N) is 1. The van der Waals surface area contributed by atoms with Crippen LogP contribution in [0.25, 0.3) is 5.70 Å². The Kier molecular flexibility index (Phi) is 4.37. The van der Waals surface area contributed by atoms with E-state index in [1.165, 1.54) is 0 Å². The Bertz CT molecular complexity index is 1050. The second kappa shape index (κ2) is 7.18. The highest BCUT2D eigenvalue weighted by atomic mass is 16.5. The summed E-state index contributed by atoms with van der Waals surface area (Å²) in [4.78, 5) is 0. The second-order valence-corrected chi connectivity index (χ2v) is 7.03. The van der Waals surface area contributed by atoms with Crippen LogP contribution in [0.2, 0.25) is 0 Å². The summed E-state index contributed by atoms with van der Waals surface area (Å²) in [5, 5.41) is 2.15. The number of hydrazine groups is 1. The van der Waals surface area contributed by atoms with Gasteiger partial charge in [-0.25, -0.2) is 0 Å². The van der Waals surface area contributed by atoms with E-state index < -0.39 is 0 Å². The highest BCUT2D eigenvalue weighted by Crippen LogP contribution is 2.49. The highest BCUT2D eigenvalue weighted by molar-refractivity contribution is 5.68. The lowest BCUT2D eigenvalue weighted by Gasteiger charge is -2.39. The summed E-state index contributed by atoms with van der Waals surface area (Å²) in [6, 6.07) is 24.3. The first-order valence-electron chi connectivity index (χ1n) is 9.58. The van der Waals surface area contributed by atoms with Crippen LogP contribution in [0.1, 0.15) is 29.0 Å². The zero-order valence-corrected chi connectivity index (χ0v) is 16.3. The molecule has 2 aliphatic heterocycles. The molecule has 146 valence electrons. The van der Waals surface area contributed by atoms with Crippen LogP contribution in [-0.4, -0.2) is 19.2 Å². The van der Waals surface area contributed by atoms with Crippen LogP contribution < -0.4 is 19.6 Å². The Balaban J connectivity index is 1.59. The SMILES string of the molecule is COc1ccc(C2=CC3c4cccc(OC)c4OC(c4ccccc4)N3N2)cc1. The van der Waals surface area contributed by atoms with Crippen LogP contribution in [0.5, 0.6) is 17.2 Å². The van der Waals surface area contributed by atoms with Gasteiger partial charge < -0.3 is 19.6 Å². The third-order valence-corrected chi connectivity index (χ3v) is 5.39. The van der Waals surface area contributed by atoms with Crippen LogP contribution in [0, 0.1) is 0 Å². The zero-order valence-electron chi connectivity index (χ0n) is 16.3. The normalized spacial score (nSPS) is 20.0. The summed E-state index contributed by atoms with van der Waals surface area (Å²) in [5.41, 5.74) is 7.85. The third-order valence-electron chi connectivity index (χ3n) is 5.39. The van der Waals surface area contributed by atoms with Gasteiger partial charge >= 0.3 is 0 Å². The Labute approximate surface area is 170 Å². The predicted molar refractivity (Wildman–Crippen MR) is 111 cm³/mol. The number of para-hydroxylation sites is 1. The molecule has 5 rings (SSSR count). The van der Waals surface area contributed by atoms with Gasteiger partial charge in [0, 0.05) is 11.1 Å². The molecule has 2 aliphatic rings. The number of ether oxygens (including phenoxy) is 3. The monoisotopic (exact) mass is 386 g/mol. The molecule has 0 amide bonds. The average molecular weight is 386 g/mol. The molecule has 0 aliphatic carbocycles. The zero-order chi connectivity index (χ0) is 19.8. The van der Waals surface area contributed by atoms with Gasteiger partial charge in [-0.2, -0.15) is 5.01 Å². The average Bonchev–Trinajstić information content (AvgIpc) is 3.24. The van der Waals surface area contributed by atoms with E-state index in [9.17, 15) is 0 Å². The van der Waals surface area contributed by atoms with Gasteiger partial charge in [-0.05, 0) is 42.0 Å². The molecule has 0 saturated carbocycles. The van der Waals surface area contributed by atoms with Crippen LogP contribution >= 0.6 is 0 Å². The van der Waals surface area contributed by atoms with Crippen molar-refractivity contribution in [1.29, 1.82) is 0 Å². The van der Waals surface area contributed by atoms with E-state index in [2.05, 4.69) is 46.8 Å². The molecule has 0 spiro atoms. The van der Waals surface area contributed by atoms with Gasteiger partial charge in [0.15, 0.2) is 17.7 Å². The number of hydrogen-bond donors (Lipinski definition) is 1. The fraction of sp³-hybridized carbons (Fsp3) is 0.167. The summed E-state index contributed by atoms with van der Waals surface area (Å²) >= 11 is 0. The molecule has 1 N–H and O–H groups in total. The molecule has 0 bridgehead atoms. The summed E-state index contributed by atoms with van der Waals surface area (Å²) in [6.45, 7) is 0. The summed E-state index contributed by atoms with van der Waals surface area (Å²) in [5.74, 6) is 2.37. The first-order valence-corrected chi connectivity index (χ1v) is 9.58. The quantitative estimate of drug-likeness (QED) is 0.704. The molecule has 0 fully saturated rings. The molecule has 2 unspecified atom stereocenters. The van der Waals surface area contributed by atoms with Crippen LogP contribution in [0.3, 0.4) is 0 Å². The van der Waals surface area contributed by atoms with Gasteiger partial charge in [-0.1, -0.05) is 42.5 Å². The molecule has 5 heteroatoms. The number of benzene rings is 3. The van der Waals surface area contributed by atoms with Gasteiger partial charge in [0.1, 0.15) is 5.75 Å². The maximum Gasteiger partial charge on any atom is 0.196 e. The first kappa shape index (κ1) is 17.6. The Hall–Kier alpha value is -3.44. The number of methoxy groups -OCH3 is 2. The predicted octanol–water partition coefficient (Wildman–Crippen LogP) is 4.70. The lowest BCUT2D eigenvalue weighted by atomic mass is 10.00. The smallest absolute Gasteiger partial charge is 0.196 e. The van der Waals surface area contributed by atoms with Crippen molar-refractivity contribution >= 4 is 5.70 Å². The molecule has 2 atom stereocenters. The van der Waals surface area contributed by atoms with E-state index in [-0.39, 0.29) is 12.3 Å². The Morgan fingerprint density at radius 3 is 2.38 bits per heavy atom. The lowest BCUT2D eigenvalue weighted by molar-refractivity contribution is -0.0342.